The lowest BCUT2D eigenvalue weighted by Gasteiger charge is -2.33. The smallest absolute Gasteiger partial charge is 0.328 e. The molecule has 64 valence electrons. The third kappa shape index (κ3) is 1.07. The van der Waals surface area contributed by atoms with Gasteiger partial charge in [0.15, 0.2) is 0 Å². The molecule has 2 aliphatic carbocycles. The topological polar surface area (TPSA) is 37.3 Å². The lowest BCUT2D eigenvalue weighted by Crippen LogP contribution is -2.24. The molecule has 0 bridgehead atoms. The van der Waals surface area contributed by atoms with Crippen molar-refractivity contribution in [3.8, 4) is 0 Å². The molecule has 0 spiro atoms. The second kappa shape index (κ2) is 2.47. The summed E-state index contributed by atoms with van der Waals surface area (Å²) in [4.78, 5) is 10.4. The standard InChI is InChI=1S/C10H12O2/c1-6-2-7-4-8(5-10(11)12)9(7)3-6/h3,5,7,9H,2,4H2,1H3,(H,11,12)/t7?,9-/m0/s1. The zero-order chi connectivity index (χ0) is 8.72. The van der Waals surface area contributed by atoms with E-state index in [1.54, 1.807) is 0 Å². The van der Waals surface area contributed by atoms with Crippen molar-refractivity contribution in [1.82, 2.24) is 0 Å². The summed E-state index contributed by atoms with van der Waals surface area (Å²) in [5.74, 6) is 0.373. The molecule has 1 saturated carbocycles. The van der Waals surface area contributed by atoms with E-state index in [9.17, 15) is 4.79 Å². The summed E-state index contributed by atoms with van der Waals surface area (Å²) in [6.45, 7) is 2.12. The summed E-state index contributed by atoms with van der Waals surface area (Å²) in [7, 11) is 0. The van der Waals surface area contributed by atoms with E-state index < -0.39 is 5.97 Å². The van der Waals surface area contributed by atoms with E-state index in [0.29, 0.717) is 5.92 Å². The van der Waals surface area contributed by atoms with Gasteiger partial charge in [-0.1, -0.05) is 17.2 Å². The van der Waals surface area contributed by atoms with Gasteiger partial charge in [-0.05, 0) is 25.7 Å². The number of carbonyl (C=O) groups is 1. The van der Waals surface area contributed by atoms with Crippen LogP contribution in [0.15, 0.2) is 23.3 Å². The molecule has 2 rings (SSSR count). The Balaban J connectivity index is 2.12. The zero-order valence-corrected chi connectivity index (χ0v) is 7.08. The van der Waals surface area contributed by atoms with Gasteiger partial charge in [0.25, 0.3) is 0 Å². The molecule has 0 aromatic heterocycles. The summed E-state index contributed by atoms with van der Waals surface area (Å²) in [5, 5.41) is 8.54. The molecule has 0 aliphatic heterocycles. The van der Waals surface area contributed by atoms with Crippen LogP contribution in [-0.2, 0) is 4.79 Å². The van der Waals surface area contributed by atoms with E-state index in [2.05, 4.69) is 13.0 Å². The Morgan fingerprint density at radius 2 is 2.42 bits per heavy atom. The van der Waals surface area contributed by atoms with Gasteiger partial charge in [0.1, 0.15) is 0 Å². The third-order valence-electron chi connectivity index (χ3n) is 2.79. The highest BCUT2D eigenvalue weighted by Gasteiger charge is 2.38. The predicted molar refractivity (Wildman–Crippen MR) is 45.7 cm³/mol. The molecule has 1 N–H and O–H groups in total. The van der Waals surface area contributed by atoms with Gasteiger partial charge in [-0.15, -0.1) is 0 Å². The van der Waals surface area contributed by atoms with Crippen molar-refractivity contribution in [3.05, 3.63) is 23.3 Å². The highest BCUT2D eigenvalue weighted by atomic mass is 16.4. The number of allylic oxidation sites excluding steroid dienone is 3. The van der Waals surface area contributed by atoms with Gasteiger partial charge in [-0.3, -0.25) is 0 Å². The highest BCUT2D eigenvalue weighted by Crippen LogP contribution is 2.49. The van der Waals surface area contributed by atoms with Crippen molar-refractivity contribution in [2.45, 2.75) is 19.8 Å². The van der Waals surface area contributed by atoms with Crippen LogP contribution in [0.25, 0.3) is 0 Å². The van der Waals surface area contributed by atoms with Gasteiger partial charge in [-0.25, -0.2) is 4.79 Å². The number of carboxylic acid groups (broad SMARTS) is 1. The van der Waals surface area contributed by atoms with Crippen LogP contribution in [0.3, 0.4) is 0 Å². The minimum Gasteiger partial charge on any atom is -0.478 e. The van der Waals surface area contributed by atoms with Gasteiger partial charge in [0.05, 0.1) is 0 Å². The van der Waals surface area contributed by atoms with Crippen LogP contribution >= 0.6 is 0 Å². The Bertz CT molecular complexity index is 286. The SMILES string of the molecule is CC1=C[C@@H]2C(=CC(=O)O)CC2C1. The van der Waals surface area contributed by atoms with Crippen LogP contribution in [0, 0.1) is 11.8 Å². The van der Waals surface area contributed by atoms with Crippen LogP contribution in [0.1, 0.15) is 19.8 Å². The Labute approximate surface area is 71.6 Å². The third-order valence-corrected chi connectivity index (χ3v) is 2.79. The van der Waals surface area contributed by atoms with E-state index in [0.717, 1.165) is 17.9 Å². The molecule has 0 heterocycles. The molecule has 2 atom stereocenters. The molecule has 2 nitrogen and oxygen atoms in total. The second-order valence-electron chi connectivity index (χ2n) is 3.76. The van der Waals surface area contributed by atoms with Crippen LogP contribution in [-0.4, -0.2) is 11.1 Å². The first kappa shape index (κ1) is 7.59. The summed E-state index contributed by atoms with van der Waals surface area (Å²) < 4.78 is 0. The molecule has 0 aromatic rings. The van der Waals surface area contributed by atoms with Gasteiger partial charge in [-0.2, -0.15) is 0 Å². The lowest BCUT2D eigenvalue weighted by atomic mass is 9.71. The predicted octanol–water partition coefficient (Wildman–Crippen LogP) is 1.98. The quantitative estimate of drug-likeness (QED) is 0.475. The van der Waals surface area contributed by atoms with Gasteiger partial charge < -0.3 is 5.11 Å². The van der Waals surface area contributed by atoms with E-state index in [1.807, 2.05) is 0 Å². The molecule has 1 unspecified atom stereocenters. The number of fused-ring (bicyclic) bond motifs is 1. The number of hydrogen-bond acceptors (Lipinski definition) is 1. The molecule has 1 fully saturated rings. The average Bonchev–Trinajstić information content (AvgIpc) is 2.24. The maximum Gasteiger partial charge on any atom is 0.328 e. The van der Waals surface area contributed by atoms with Crippen molar-refractivity contribution >= 4 is 5.97 Å². The normalized spacial score (nSPS) is 35.8. The number of rotatable bonds is 1. The monoisotopic (exact) mass is 164 g/mol. The summed E-state index contributed by atoms with van der Waals surface area (Å²) >= 11 is 0. The first-order valence-electron chi connectivity index (χ1n) is 4.27. The molecule has 0 saturated heterocycles. The van der Waals surface area contributed by atoms with Crippen molar-refractivity contribution in [2.24, 2.45) is 11.8 Å². The van der Waals surface area contributed by atoms with Crippen molar-refractivity contribution in [3.63, 3.8) is 0 Å². The first-order chi connectivity index (χ1) is 5.66. The van der Waals surface area contributed by atoms with Gasteiger partial charge >= 0.3 is 5.97 Å². The molecule has 2 heteroatoms. The fraction of sp³-hybridized carbons (Fsp3) is 0.500. The van der Waals surface area contributed by atoms with Crippen molar-refractivity contribution in [2.75, 3.05) is 0 Å². The number of carboxylic acids is 1. The lowest BCUT2D eigenvalue weighted by molar-refractivity contribution is -0.131. The van der Waals surface area contributed by atoms with Gasteiger partial charge in [0.2, 0.25) is 0 Å². The molecule has 0 aromatic carbocycles. The van der Waals surface area contributed by atoms with Crippen LogP contribution in [0.4, 0.5) is 0 Å². The average molecular weight is 164 g/mol. The van der Waals surface area contributed by atoms with E-state index in [-0.39, 0.29) is 0 Å². The zero-order valence-electron chi connectivity index (χ0n) is 7.08. The molecule has 12 heavy (non-hydrogen) atoms. The first-order valence-corrected chi connectivity index (χ1v) is 4.27. The Hall–Kier alpha value is -1.05. The molecular formula is C10H12O2. The van der Waals surface area contributed by atoms with Crippen LogP contribution in [0.5, 0.6) is 0 Å². The van der Waals surface area contributed by atoms with Crippen LogP contribution < -0.4 is 0 Å². The van der Waals surface area contributed by atoms with Crippen molar-refractivity contribution < 1.29 is 9.90 Å². The maximum absolute atomic E-state index is 10.4. The van der Waals surface area contributed by atoms with E-state index in [1.165, 1.54) is 18.1 Å². The molecular weight excluding hydrogens is 152 g/mol. The van der Waals surface area contributed by atoms with Crippen LogP contribution in [0.2, 0.25) is 0 Å². The maximum atomic E-state index is 10.4. The Morgan fingerprint density at radius 3 is 3.00 bits per heavy atom. The minimum atomic E-state index is -0.804. The Kier molecular flexibility index (Phi) is 1.56. The molecule has 0 radical (unpaired) electrons. The Morgan fingerprint density at radius 1 is 1.67 bits per heavy atom. The van der Waals surface area contributed by atoms with E-state index >= 15 is 0 Å². The van der Waals surface area contributed by atoms with E-state index in [4.69, 9.17) is 5.11 Å². The molecule has 2 aliphatic rings. The number of hydrogen-bond donors (Lipinski definition) is 1. The fourth-order valence-electron chi connectivity index (χ4n) is 2.25. The summed E-state index contributed by atoms with van der Waals surface area (Å²) in [6.07, 6.45) is 5.74. The fourth-order valence-corrected chi connectivity index (χ4v) is 2.25. The minimum absolute atomic E-state index is 0.459. The second-order valence-corrected chi connectivity index (χ2v) is 3.76. The summed E-state index contributed by atoms with van der Waals surface area (Å²) in [5.41, 5.74) is 2.52. The molecule has 0 amide bonds. The van der Waals surface area contributed by atoms with Gasteiger partial charge in [0, 0.05) is 12.0 Å². The van der Waals surface area contributed by atoms with Crippen molar-refractivity contribution in [1.29, 1.82) is 0 Å². The number of aliphatic carboxylic acids is 1. The largest absolute Gasteiger partial charge is 0.478 e. The highest BCUT2D eigenvalue weighted by molar-refractivity contribution is 5.81. The summed E-state index contributed by atoms with van der Waals surface area (Å²) in [6, 6.07) is 0.